The second-order valence-corrected chi connectivity index (χ2v) is 7.04. The largest absolute Gasteiger partial charge is 0.504 e. The van der Waals surface area contributed by atoms with Crippen LogP contribution in [-0.4, -0.2) is 37.7 Å². The zero-order chi connectivity index (χ0) is 20.3. The molecule has 2 aromatic carbocycles. The first kappa shape index (κ1) is 19.3. The number of phenols is 2. The smallest absolute Gasteiger partial charge is 0.329 e. The summed E-state index contributed by atoms with van der Waals surface area (Å²) in [6.45, 7) is 1.49. The van der Waals surface area contributed by atoms with E-state index in [1.807, 2.05) is 24.3 Å². The number of benzene rings is 2. The van der Waals surface area contributed by atoms with Crippen LogP contribution >= 0.6 is 0 Å². The number of amides is 1. The van der Waals surface area contributed by atoms with Crippen molar-refractivity contribution < 1.29 is 24.9 Å². The number of carboxylic acids is 1. The molecule has 1 atom stereocenters. The molecule has 0 bridgehead atoms. The molecule has 0 radical (unpaired) electrons. The van der Waals surface area contributed by atoms with Gasteiger partial charge in [-0.1, -0.05) is 24.3 Å². The average Bonchev–Trinajstić information content (AvgIpc) is 3.05. The second-order valence-electron chi connectivity index (χ2n) is 7.04. The number of hydrogen-bond acceptors (Lipinski definition) is 4. The first-order valence-electron chi connectivity index (χ1n) is 8.89. The van der Waals surface area contributed by atoms with E-state index < -0.39 is 17.4 Å². The molecule has 3 rings (SSSR count). The Kier molecular flexibility index (Phi) is 5.26. The Hall–Kier alpha value is -3.48. The Morgan fingerprint density at radius 1 is 1.11 bits per heavy atom. The van der Waals surface area contributed by atoms with Crippen LogP contribution in [0.3, 0.4) is 0 Å². The van der Waals surface area contributed by atoms with Gasteiger partial charge in [-0.15, -0.1) is 0 Å². The number of aromatic amines is 1. The van der Waals surface area contributed by atoms with Crippen molar-refractivity contribution in [1.29, 1.82) is 0 Å². The Balaban J connectivity index is 1.69. The monoisotopic (exact) mass is 382 g/mol. The summed E-state index contributed by atoms with van der Waals surface area (Å²) in [5, 5.41) is 32.1. The molecule has 0 spiro atoms. The number of rotatable bonds is 7. The van der Waals surface area contributed by atoms with Crippen molar-refractivity contribution in [2.45, 2.75) is 31.7 Å². The number of hydrogen-bond donors (Lipinski definition) is 5. The number of aromatic hydroxyl groups is 2. The van der Waals surface area contributed by atoms with Gasteiger partial charge in [0.15, 0.2) is 11.5 Å². The van der Waals surface area contributed by atoms with Gasteiger partial charge in [-0.3, -0.25) is 4.79 Å². The summed E-state index contributed by atoms with van der Waals surface area (Å²) in [5.41, 5.74) is 0.922. The van der Waals surface area contributed by atoms with Crippen LogP contribution in [0.15, 0.2) is 48.7 Å². The lowest BCUT2D eigenvalue weighted by Crippen LogP contribution is -2.53. The van der Waals surface area contributed by atoms with E-state index in [4.69, 9.17) is 0 Å². The molecule has 3 aromatic rings. The summed E-state index contributed by atoms with van der Waals surface area (Å²) in [7, 11) is 0. The third-order valence-corrected chi connectivity index (χ3v) is 4.79. The van der Waals surface area contributed by atoms with E-state index >= 15 is 0 Å². The van der Waals surface area contributed by atoms with Crippen LogP contribution in [0.2, 0.25) is 0 Å². The van der Waals surface area contributed by atoms with Crippen LogP contribution < -0.4 is 5.32 Å². The second kappa shape index (κ2) is 7.64. The quantitative estimate of drug-likeness (QED) is 0.402. The van der Waals surface area contributed by atoms with E-state index in [1.165, 1.54) is 19.1 Å². The maximum atomic E-state index is 12.4. The van der Waals surface area contributed by atoms with E-state index in [2.05, 4.69) is 10.3 Å². The Morgan fingerprint density at radius 2 is 1.86 bits per heavy atom. The lowest BCUT2D eigenvalue weighted by Gasteiger charge is -2.26. The number of nitrogens with one attached hydrogen (secondary N) is 2. The molecule has 0 saturated carbocycles. The zero-order valence-corrected chi connectivity index (χ0v) is 15.4. The number of H-pyrrole nitrogens is 1. The molecule has 146 valence electrons. The molecular weight excluding hydrogens is 360 g/mol. The van der Waals surface area contributed by atoms with Gasteiger partial charge in [-0.25, -0.2) is 4.79 Å². The number of aromatic nitrogens is 1. The van der Waals surface area contributed by atoms with Crippen molar-refractivity contribution in [1.82, 2.24) is 10.3 Å². The fraction of sp³-hybridized carbons (Fsp3) is 0.238. The van der Waals surface area contributed by atoms with E-state index in [0.29, 0.717) is 12.0 Å². The van der Waals surface area contributed by atoms with Crippen molar-refractivity contribution in [3.63, 3.8) is 0 Å². The minimum absolute atomic E-state index is 0.0565. The highest BCUT2D eigenvalue weighted by atomic mass is 16.4. The van der Waals surface area contributed by atoms with Crippen LogP contribution in [0.4, 0.5) is 0 Å². The highest BCUT2D eigenvalue weighted by molar-refractivity contribution is 5.89. The number of para-hydroxylation sites is 1. The number of aliphatic carboxylic acids is 1. The van der Waals surface area contributed by atoms with Gasteiger partial charge in [0.25, 0.3) is 0 Å². The van der Waals surface area contributed by atoms with Crippen LogP contribution in [0, 0.1) is 0 Å². The Morgan fingerprint density at radius 3 is 2.57 bits per heavy atom. The topological polar surface area (TPSA) is 123 Å². The fourth-order valence-electron chi connectivity index (χ4n) is 3.18. The SMILES string of the molecule is CC(Cc1c[nH]c2ccccc12)(NC(=O)CCc1ccc(O)c(O)c1)C(=O)O. The lowest BCUT2D eigenvalue weighted by atomic mass is 9.92. The lowest BCUT2D eigenvalue weighted by molar-refractivity contribution is -0.146. The predicted molar refractivity (Wildman–Crippen MR) is 104 cm³/mol. The normalized spacial score (nSPS) is 13.2. The molecule has 0 aliphatic carbocycles. The van der Waals surface area contributed by atoms with Crippen molar-refractivity contribution in [2.75, 3.05) is 0 Å². The van der Waals surface area contributed by atoms with E-state index in [9.17, 15) is 24.9 Å². The molecule has 1 aromatic heterocycles. The first-order chi connectivity index (χ1) is 13.3. The summed E-state index contributed by atoms with van der Waals surface area (Å²) in [6, 6.07) is 11.9. The molecule has 0 aliphatic heterocycles. The maximum absolute atomic E-state index is 12.4. The van der Waals surface area contributed by atoms with E-state index in [1.54, 1.807) is 12.3 Å². The van der Waals surface area contributed by atoms with Gasteiger partial charge < -0.3 is 25.6 Å². The van der Waals surface area contributed by atoms with Crippen molar-refractivity contribution in [3.05, 3.63) is 59.8 Å². The van der Waals surface area contributed by atoms with Crippen LogP contribution in [0.5, 0.6) is 11.5 Å². The molecule has 0 aliphatic rings. The molecular formula is C21H22N2O5. The predicted octanol–water partition coefficient (Wildman–Crippen LogP) is 2.71. The maximum Gasteiger partial charge on any atom is 0.329 e. The standard InChI is InChI=1S/C21H22N2O5/c1-21(20(27)28,11-14-12-22-16-5-3-2-4-15(14)16)23-19(26)9-7-13-6-8-17(24)18(25)10-13/h2-6,8,10,12,22,24-25H,7,9,11H2,1H3,(H,23,26)(H,27,28). The summed E-state index contributed by atoms with van der Waals surface area (Å²) >= 11 is 0. The molecule has 0 saturated heterocycles. The fourth-order valence-corrected chi connectivity index (χ4v) is 3.18. The minimum atomic E-state index is -1.46. The molecule has 5 N–H and O–H groups in total. The summed E-state index contributed by atoms with van der Waals surface area (Å²) in [5.74, 6) is -2.01. The van der Waals surface area contributed by atoms with Gasteiger partial charge in [0, 0.05) is 29.9 Å². The number of carbonyl (C=O) groups excluding carboxylic acids is 1. The molecule has 0 fully saturated rings. The van der Waals surface area contributed by atoms with Gasteiger partial charge in [0.05, 0.1) is 0 Å². The Labute approximate surface area is 161 Å². The number of carboxylic acid groups (broad SMARTS) is 1. The molecule has 7 nitrogen and oxygen atoms in total. The number of aryl methyl sites for hydroxylation is 1. The number of fused-ring (bicyclic) bond motifs is 1. The first-order valence-corrected chi connectivity index (χ1v) is 8.89. The highest BCUT2D eigenvalue weighted by Crippen LogP contribution is 2.26. The van der Waals surface area contributed by atoms with Gasteiger partial charge >= 0.3 is 5.97 Å². The van der Waals surface area contributed by atoms with E-state index in [-0.39, 0.29) is 24.3 Å². The summed E-state index contributed by atoms with van der Waals surface area (Å²) in [6.07, 6.45) is 2.26. The van der Waals surface area contributed by atoms with Crippen LogP contribution in [-0.2, 0) is 22.4 Å². The zero-order valence-electron chi connectivity index (χ0n) is 15.4. The van der Waals surface area contributed by atoms with E-state index in [0.717, 1.165) is 16.5 Å². The molecule has 1 unspecified atom stereocenters. The number of carbonyl (C=O) groups is 2. The molecule has 1 amide bonds. The van der Waals surface area contributed by atoms with Crippen molar-refractivity contribution in [3.8, 4) is 11.5 Å². The molecule has 28 heavy (non-hydrogen) atoms. The average molecular weight is 382 g/mol. The van der Waals surface area contributed by atoms with Gasteiger partial charge in [-0.2, -0.15) is 0 Å². The van der Waals surface area contributed by atoms with Crippen LogP contribution in [0.25, 0.3) is 10.9 Å². The van der Waals surface area contributed by atoms with Gasteiger partial charge in [-0.05, 0) is 42.7 Å². The Bertz CT molecular complexity index is 1030. The van der Waals surface area contributed by atoms with Crippen molar-refractivity contribution in [2.24, 2.45) is 0 Å². The molecule has 7 heteroatoms. The summed E-state index contributed by atoms with van der Waals surface area (Å²) < 4.78 is 0. The van der Waals surface area contributed by atoms with Gasteiger partial charge in [0.1, 0.15) is 5.54 Å². The van der Waals surface area contributed by atoms with Crippen molar-refractivity contribution >= 4 is 22.8 Å². The summed E-state index contributed by atoms with van der Waals surface area (Å²) in [4.78, 5) is 27.4. The number of phenolic OH excluding ortho intramolecular Hbond substituents is 2. The third-order valence-electron chi connectivity index (χ3n) is 4.79. The minimum Gasteiger partial charge on any atom is -0.504 e. The highest BCUT2D eigenvalue weighted by Gasteiger charge is 2.35. The molecule has 1 heterocycles. The van der Waals surface area contributed by atoms with Crippen LogP contribution in [0.1, 0.15) is 24.5 Å². The third kappa shape index (κ3) is 4.09. The van der Waals surface area contributed by atoms with Gasteiger partial charge in [0.2, 0.25) is 5.91 Å².